The first-order chi connectivity index (χ1) is 8.72. The van der Waals surface area contributed by atoms with E-state index in [9.17, 15) is 9.18 Å². The first-order valence-corrected chi connectivity index (χ1v) is 5.95. The molecular weight excluding hydrogens is 253 g/mol. The highest BCUT2D eigenvalue weighted by Crippen LogP contribution is 2.26. The molecule has 0 aliphatic heterocycles. The molecular formula is C14H11ClFNO. The fraction of sp³-hybridized carbons (Fsp3) is 0.0714. The Labute approximate surface area is 110 Å². The highest BCUT2D eigenvalue weighted by atomic mass is 35.5. The van der Waals surface area contributed by atoms with E-state index < -0.39 is 5.82 Å². The van der Waals surface area contributed by atoms with Crippen LogP contribution in [-0.4, -0.2) is 11.8 Å². The van der Waals surface area contributed by atoms with Gasteiger partial charge in [0.05, 0.1) is 5.69 Å². The first-order valence-electron chi connectivity index (χ1n) is 5.42. The number of hydrogen-bond donors (Lipinski definition) is 0. The second-order valence-corrected chi connectivity index (χ2v) is 3.95. The molecule has 0 heterocycles. The van der Waals surface area contributed by atoms with Crippen molar-refractivity contribution in [2.24, 2.45) is 0 Å². The van der Waals surface area contributed by atoms with E-state index >= 15 is 0 Å². The number of carbonyl (C=O) groups excluding carboxylic acids is 1. The monoisotopic (exact) mass is 263 g/mol. The number of halogens is 2. The third-order valence-electron chi connectivity index (χ3n) is 2.44. The van der Waals surface area contributed by atoms with E-state index in [1.54, 1.807) is 24.3 Å². The molecule has 0 aliphatic carbocycles. The number of para-hydroxylation sites is 1. The molecule has 0 aromatic heterocycles. The quantitative estimate of drug-likeness (QED) is 0.773. The number of amides is 1. The van der Waals surface area contributed by atoms with Gasteiger partial charge in [-0.05, 0) is 30.3 Å². The molecule has 0 radical (unpaired) electrons. The zero-order valence-electron chi connectivity index (χ0n) is 9.51. The minimum Gasteiger partial charge on any atom is -0.280 e. The molecule has 18 heavy (non-hydrogen) atoms. The molecule has 0 fully saturated rings. The van der Waals surface area contributed by atoms with Crippen molar-refractivity contribution in [2.75, 3.05) is 10.8 Å². The van der Waals surface area contributed by atoms with E-state index in [-0.39, 0.29) is 11.8 Å². The molecule has 2 nitrogen and oxygen atoms in total. The van der Waals surface area contributed by atoms with Gasteiger partial charge in [-0.3, -0.25) is 9.69 Å². The molecule has 2 aromatic rings. The van der Waals surface area contributed by atoms with Gasteiger partial charge in [0.1, 0.15) is 11.7 Å². The van der Waals surface area contributed by atoms with Crippen LogP contribution in [-0.2, 0) is 4.79 Å². The Hall–Kier alpha value is -1.87. The third-order valence-corrected chi connectivity index (χ3v) is 2.67. The number of benzene rings is 2. The number of rotatable bonds is 3. The minimum atomic E-state index is -0.393. The van der Waals surface area contributed by atoms with Crippen molar-refractivity contribution in [1.29, 1.82) is 0 Å². The molecule has 4 heteroatoms. The van der Waals surface area contributed by atoms with Gasteiger partial charge in [-0.1, -0.05) is 24.3 Å². The summed E-state index contributed by atoms with van der Waals surface area (Å²) in [5, 5.41) is 0. The molecule has 0 unspecified atom stereocenters. The molecule has 0 atom stereocenters. The number of anilines is 2. The topological polar surface area (TPSA) is 20.3 Å². The zero-order chi connectivity index (χ0) is 13.0. The summed E-state index contributed by atoms with van der Waals surface area (Å²) in [6, 6.07) is 14.9. The van der Waals surface area contributed by atoms with Crippen molar-refractivity contribution in [3.63, 3.8) is 0 Å². The number of alkyl halides is 1. The van der Waals surface area contributed by atoms with Crippen LogP contribution in [0.15, 0.2) is 54.6 Å². The van der Waals surface area contributed by atoms with E-state index in [0.717, 1.165) is 0 Å². The Morgan fingerprint density at radius 2 is 1.72 bits per heavy atom. The van der Waals surface area contributed by atoms with Crippen LogP contribution in [0.4, 0.5) is 15.8 Å². The SMILES string of the molecule is O=C(CCl)N(c1ccccc1)c1cccc(F)c1. The molecule has 0 spiro atoms. The Kier molecular flexibility index (Phi) is 3.95. The van der Waals surface area contributed by atoms with Gasteiger partial charge < -0.3 is 0 Å². The van der Waals surface area contributed by atoms with Crippen molar-refractivity contribution in [3.05, 3.63) is 60.4 Å². The summed E-state index contributed by atoms with van der Waals surface area (Å²) in [5.41, 5.74) is 1.13. The van der Waals surface area contributed by atoms with Crippen molar-refractivity contribution in [2.45, 2.75) is 0 Å². The summed E-state index contributed by atoms with van der Waals surface area (Å²) in [6.45, 7) is 0. The second-order valence-electron chi connectivity index (χ2n) is 3.68. The largest absolute Gasteiger partial charge is 0.280 e. The summed E-state index contributed by atoms with van der Waals surface area (Å²) in [5.74, 6) is -0.852. The molecule has 2 aromatic carbocycles. The highest BCUT2D eigenvalue weighted by Gasteiger charge is 2.16. The Bertz CT molecular complexity index is 545. The van der Waals surface area contributed by atoms with Crippen LogP contribution in [0.25, 0.3) is 0 Å². The molecule has 0 aliphatic rings. The van der Waals surface area contributed by atoms with Crippen molar-refractivity contribution >= 4 is 28.9 Å². The van der Waals surface area contributed by atoms with E-state index in [4.69, 9.17) is 11.6 Å². The summed E-state index contributed by atoms with van der Waals surface area (Å²) in [6.07, 6.45) is 0. The lowest BCUT2D eigenvalue weighted by Crippen LogP contribution is -2.26. The van der Waals surface area contributed by atoms with Crippen LogP contribution in [0.2, 0.25) is 0 Å². The van der Waals surface area contributed by atoms with Gasteiger partial charge >= 0.3 is 0 Å². The van der Waals surface area contributed by atoms with Gasteiger partial charge in [0.25, 0.3) is 0 Å². The van der Waals surface area contributed by atoms with Gasteiger partial charge in [0, 0.05) is 5.69 Å². The molecule has 0 N–H and O–H groups in total. The average Bonchev–Trinajstić information content (AvgIpc) is 2.40. The molecule has 2 rings (SSSR count). The predicted octanol–water partition coefficient (Wildman–Crippen LogP) is 3.73. The second kappa shape index (κ2) is 5.65. The maximum Gasteiger partial charge on any atom is 0.246 e. The Morgan fingerprint density at radius 1 is 1.06 bits per heavy atom. The lowest BCUT2D eigenvalue weighted by molar-refractivity contribution is -0.115. The van der Waals surface area contributed by atoms with Gasteiger partial charge in [-0.2, -0.15) is 0 Å². The molecule has 0 bridgehead atoms. The average molecular weight is 264 g/mol. The molecule has 0 saturated carbocycles. The lowest BCUT2D eigenvalue weighted by atomic mass is 10.2. The van der Waals surface area contributed by atoms with Crippen LogP contribution < -0.4 is 4.90 Å². The minimum absolute atomic E-state index is 0.161. The van der Waals surface area contributed by atoms with Crippen molar-refractivity contribution < 1.29 is 9.18 Å². The first kappa shape index (κ1) is 12.6. The summed E-state index contributed by atoms with van der Waals surface area (Å²) in [7, 11) is 0. The van der Waals surface area contributed by atoms with Crippen molar-refractivity contribution in [1.82, 2.24) is 0 Å². The normalized spacial score (nSPS) is 10.1. The predicted molar refractivity (Wildman–Crippen MR) is 70.7 cm³/mol. The van der Waals surface area contributed by atoms with Crippen LogP contribution >= 0.6 is 11.6 Å². The summed E-state index contributed by atoms with van der Waals surface area (Å²) >= 11 is 5.60. The maximum absolute atomic E-state index is 13.2. The Balaban J connectivity index is 2.47. The standard InChI is InChI=1S/C14H11ClFNO/c15-10-14(18)17(12-6-2-1-3-7-12)13-8-4-5-11(16)9-13/h1-9H,10H2. The highest BCUT2D eigenvalue weighted by molar-refractivity contribution is 6.30. The zero-order valence-corrected chi connectivity index (χ0v) is 10.3. The van der Waals surface area contributed by atoms with Gasteiger partial charge in [0.2, 0.25) is 5.91 Å². The molecule has 0 saturated heterocycles. The van der Waals surface area contributed by atoms with Crippen LogP contribution in [0.3, 0.4) is 0 Å². The number of hydrogen-bond acceptors (Lipinski definition) is 1. The van der Waals surface area contributed by atoms with Crippen LogP contribution in [0, 0.1) is 5.82 Å². The molecule has 92 valence electrons. The molecule has 1 amide bonds. The maximum atomic E-state index is 13.2. The van der Waals surface area contributed by atoms with Gasteiger partial charge in [-0.15, -0.1) is 11.6 Å². The van der Waals surface area contributed by atoms with Crippen LogP contribution in [0.5, 0.6) is 0 Å². The fourth-order valence-electron chi connectivity index (χ4n) is 1.69. The van der Waals surface area contributed by atoms with E-state index in [1.165, 1.54) is 17.0 Å². The van der Waals surface area contributed by atoms with Crippen molar-refractivity contribution in [3.8, 4) is 0 Å². The van der Waals surface area contributed by atoms with Gasteiger partial charge in [-0.25, -0.2) is 4.39 Å². The van der Waals surface area contributed by atoms with Gasteiger partial charge in [0.15, 0.2) is 0 Å². The summed E-state index contributed by atoms with van der Waals surface area (Å²) < 4.78 is 13.2. The smallest absolute Gasteiger partial charge is 0.246 e. The van der Waals surface area contributed by atoms with E-state index in [0.29, 0.717) is 11.4 Å². The van der Waals surface area contributed by atoms with Crippen LogP contribution in [0.1, 0.15) is 0 Å². The fourth-order valence-corrected chi connectivity index (χ4v) is 1.81. The Morgan fingerprint density at radius 3 is 2.33 bits per heavy atom. The van der Waals surface area contributed by atoms with E-state index in [1.807, 2.05) is 18.2 Å². The lowest BCUT2D eigenvalue weighted by Gasteiger charge is -2.22. The third kappa shape index (κ3) is 2.68. The van der Waals surface area contributed by atoms with E-state index in [2.05, 4.69) is 0 Å². The number of carbonyl (C=O) groups is 1. The summed E-state index contributed by atoms with van der Waals surface area (Å²) in [4.78, 5) is 13.3. The number of nitrogens with zero attached hydrogens (tertiary/aromatic N) is 1.